The molecule has 0 aromatic carbocycles. The molecule has 0 aliphatic carbocycles. The number of hydrogen-bond donors (Lipinski definition) is 1. The summed E-state index contributed by atoms with van der Waals surface area (Å²) in [5.74, 6) is 0.567. The van der Waals surface area contributed by atoms with Crippen LogP contribution < -0.4 is 5.32 Å². The molecule has 16 heavy (non-hydrogen) atoms. The summed E-state index contributed by atoms with van der Waals surface area (Å²) in [6.07, 6.45) is -0.479. The van der Waals surface area contributed by atoms with Crippen molar-refractivity contribution in [3.63, 3.8) is 0 Å². The highest BCUT2D eigenvalue weighted by atomic mass is 79.9. The topological polar surface area (TPSA) is 64.4 Å². The third-order valence-electron chi connectivity index (χ3n) is 1.66. The Bertz CT molecular complexity index is 370. The fourth-order valence-electron chi connectivity index (χ4n) is 1.03. The first-order chi connectivity index (χ1) is 7.28. The van der Waals surface area contributed by atoms with Gasteiger partial charge in [0.25, 0.3) is 0 Å². The average molecular weight is 291 g/mol. The molecule has 1 aromatic rings. The van der Waals surface area contributed by atoms with Gasteiger partial charge in [-0.1, -0.05) is 5.16 Å². The summed E-state index contributed by atoms with van der Waals surface area (Å²) in [5.41, 5.74) is -0.508. The molecule has 1 rings (SSSR count). The lowest BCUT2D eigenvalue weighted by molar-refractivity contribution is 0.0500. The maximum atomic E-state index is 11.4. The molecule has 0 aliphatic rings. The Hall–Kier alpha value is -1.04. The molecule has 5 nitrogen and oxygen atoms in total. The van der Waals surface area contributed by atoms with Crippen molar-refractivity contribution in [2.24, 2.45) is 0 Å². The highest BCUT2D eigenvalue weighted by Crippen LogP contribution is 2.17. The number of amides is 1. The van der Waals surface area contributed by atoms with E-state index in [2.05, 4.69) is 26.4 Å². The van der Waals surface area contributed by atoms with Gasteiger partial charge in [0.1, 0.15) is 10.2 Å². The predicted molar refractivity (Wildman–Crippen MR) is 62.0 cm³/mol. The van der Waals surface area contributed by atoms with E-state index in [1.165, 1.54) is 0 Å². The zero-order valence-electron chi connectivity index (χ0n) is 9.70. The van der Waals surface area contributed by atoms with Gasteiger partial charge in [-0.15, -0.1) is 0 Å². The molecule has 0 aliphatic heterocycles. The minimum absolute atomic E-state index is 0.284. The second-order valence-electron chi connectivity index (χ2n) is 4.42. The Morgan fingerprint density at radius 2 is 2.25 bits per heavy atom. The first-order valence-electron chi connectivity index (χ1n) is 4.89. The summed E-state index contributed by atoms with van der Waals surface area (Å²) in [6.45, 7) is 7.21. The smallest absolute Gasteiger partial charge is 0.408 e. The number of carbonyl (C=O) groups excluding carboxylic acids is 1. The lowest BCUT2D eigenvalue weighted by Gasteiger charge is -2.21. The highest BCUT2D eigenvalue weighted by Gasteiger charge is 2.19. The number of alkyl carbamates (subject to hydrolysis) is 1. The van der Waals surface area contributed by atoms with Crippen molar-refractivity contribution >= 4 is 22.0 Å². The molecule has 0 saturated heterocycles. The maximum Gasteiger partial charge on any atom is 0.408 e. The summed E-state index contributed by atoms with van der Waals surface area (Å²) in [7, 11) is 0. The molecule has 1 aromatic heterocycles. The zero-order chi connectivity index (χ0) is 12.3. The standard InChI is InChI=1S/C10H15BrN2O3/c1-6(7-5-8(11)13-16-7)12-9(14)15-10(2,3)4/h5-6H,1-4H3,(H,12,14). The van der Waals surface area contributed by atoms with Crippen molar-refractivity contribution in [3.05, 3.63) is 16.4 Å². The molecule has 0 radical (unpaired) electrons. The van der Waals surface area contributed by atoms with Gasteiger partial charge in [0.05, 0.1) is 6.04 Å². The number of aromatic nitrogens is 1. The fourth-order valence-corrected chi connectivity index (χ4v) is 1.32. The Morgan fingerprint density at radius 3 is 2.69 bits per heavy atom. The van der Waals surface area contributed by atoms with Gasteiger partial charge in [-0.25, -0.2) is 4.79 Å². The molecular weight excluding hydrogens is 276 g/mol. The van der Waals surface area contributed by atoms with E-state index >= 15 is 0 Å². The molecule has 1 N–H and O–H groups in total. The van der Waals surface area contributed by atoms with Crippen LogP contribution in [-0.2, 0) is 4.74 Å². The predicted octanol–water partition coefficient (Wildman–Crippen LogP) is 3.02. The van der Waals surface area contributed by atoms with Crippen LogP contribution in [0.3, 0.4) is 0 Å². The van der Waals surface area contributed by atoms with Crippen LogP contribution in [0.15, 0.2) is 15.2 Å². The number of rotatable bonds is 2. The fraction of sp³-hybridized carbons (Fsp3) is 0.600. The summed E-state index contributed by atoms with van der Waals surface area (Å²) >= 11 is 3.17. The van der Waals surface area contributed by atoms with Crippen LogP contribution in [0, 0.1) is 0 Å². The minimum atomic E-state index is -0.508. The van der Waals surface area contributed by atoms with Gasteiger partial charge >= 0.3 is 6.09 Å². The molecule has 0 spiro atoms. The minimum Gasteiger partial charge on any atom is -0.444 e. The number of halogens is 1. The van der Waals surface area contributed by atoms with Crippen molar-refractivity contribution in [1.29, 1.82) is 0 Å². The molecule has 0 fully saturated rings. The van der Waals surface area contributed by atoms with Crippen LogP contribution >= 0.6 is 15.9 Å². The van der Waals surface area contributed by atoms with Crippen molar-refractivity contribution in [1.82, 2.24) is 10.5 Å². The van der Waals surface area contributed by atoms with Crippen molar-refractivity contribution < 1.29 is 14.1 Å². The Balaban J connectivity index is 2.52. The molecule has 1 unspecified atom stereocenters. The van der Waals surface area contributed by atoms with Crippen LogP contribution in [0.2, 0.25) is 0 Å². The number of nitrogens with one attached hydrogen (secondary N) is 1. The van der Waals surface area contributed by atoms with E-state index in [0.29, 0.717) is 10.4 Å². The summed E-state index contributed by atoms with van der Waals surface area (Å²) in [5, 5.41) is 6.32. The summed E-state index contributed by atoms with van der Waals surface area (Å²) in [6, 6.07) is 1.41. The van der Waals surface area contributed by atoms with Crippen molar-refractivity contribution in [3.8, 4) is 0 Å². The molecule has 90 valence electrons. The lowest BCUT2D eigenvalue weighted by Crippen LogP contribution is -2.33. The van der Waals surface area contributed by atoms with E-state index in [4.69, 9.17) is 9.26 Å². The molecule has 1 heterocycles. The second-order valence-corrected chi connectivity index (χ2v) is 5.23. The monoisotopic (exact) mass is 290 g/mol. The van der Waals surface area contributed by atoms with Crippen LogP contribution in [0.25, 0.3) is 0 Å². The van der Waals surface area contributed by atoms with E-state index in [1.54, 1.807) is 13.0 Å². The number of nitrogens with zero attached hydrogens (tertiary/aromatic N) is 1. The van der Waals surface area contributed by atoms with E-state index < -0.39 is 11.7 Å². The number of carbonyl (C=O) groups is 1. The highest BCUT2D eigenvalue weighted by molar-refractivity contribution is 9.10. The van der Waals surface area contributed by atoms with Gasteiger partial charge in [0, 0.05) is 6.07 Å². The Kier molecular flexibility index (Phi) is 3.96. The average Bonchev–Trinajstić information content (AvgIpc) is 2.47. The maximum absolute atomic E-state index is 11.4. The van der Waals surface area contributed by atoms with Gasteiger partial charge in [0.15, 0.2) is 5.76 Å². The van der Waals surface area contributed by atoms with Crippen LogP contribution in [0.1, 0.15) is 39.5 Å². The van der Waals surface area contributed by atoms with E-state index in [-0.39, 0.29) is 6.04 Å². The normalized spacial score (nSPS) is 13.3. The third-order valence-corrected chi connectivity index (χ3v) is 2.03. The van der Waals surface area contributed by atoms with Gasteiger partial charge in [-0.05, 0) is 43.6 Å². The molecule has 1 atom stereocenters. The first kappa shape index (κ1) is 13.0. The quantitative estimate of drug-likeness (QED) is 0.909. The van der Waals surface area contributed by atoms with E-state index in [9.17, 15) is 4.79 Å². The van der Waals surface area contributed by atoms with Gasteiger partial charge in [-0.2, -0.15) is 0 Å². The molecule has 0 bridgehead atoms. The second kappa shape index (κ2) is 4.86. The van der Waals surface area contributed by atoms with Gasteiger partial charge in [-0.3, -0.25) is 0 Å². The van der Waals surface area contributed by atoms with Crippen LogP contribution in [0.5, 0.6) is 0 Å². The van der Waals surface area contributed by atoms with E-state index in [0.717, 1.165) is 0 Å². The molecule has 0 saturated carbocycles. The summed E-state index contributed by atoms with van der Waals surface area (Å²) in [4.78, 5) is 11.4. The van der Waals surface area contributed by atoms with Crippen LogP contribution in [-0.4, -0.2) is 16.9 Å². The van der Waals surface area contributed by atoms with Crippen LogP contribution in [0.4, 0.5) is 4.79 Å². The number of hydrogen-bond acceptors (Lipinski definition) is 4. The van der Waals surface area contributed by atoms with Crippen molar-refractivity contribution in [2.75, 3.05) is 0 Å². The van der Waals surface area contributed by atoms with Gasteiger partial charge in [0.2, 0.25) is 0 Å². The van der Waals surface area contributed by atoms with Gasteiger partial charge < -0.3 is 14.6 Å². The SMILES string of the molecule is CC(NC(=O)OC(C)(C)C)c1cc(Br)no1. The Labute approximate surface area is 103 Å². The Morgan fingerprint density at radius 1 is 1.62 bits per heavy atom. The molecule has 6 heteroatoms. The zero-order valence-corrected chi connectivity index (χ0v) is 11.3. The third kappa shape index (κ3) is 4.22. The van der Waals surface area contributed by atoms with Crippen molar-refractivity contribution in [2.45, 2.75) is 39.3 Å². The molecular formula is C10H15BrN2O3. The van der Waals surface area contributed by atoms with E-state index in [1.807, 2.05) is 20.8 Å². The number of ether oxygens (including phenoxy) is 1. The first-order valence-corrected chi connectivity index (χ1v) is 5.69. The largest absolute Gasteiger partial charge is 0.444 e. The molecule has 1 amide bonds. The summed E-state index contributed by atoms with van der Waals surface area (Å²) < 4.78 is 10.7. The lowest BCUT2D eigenvalue weighted by atomic mass is 10.2.